The Hall–Kier alpha value is -2.03. The fraction of sp³-hybridized carbons (Fsp3) is 0.688. The number of alkyl carbamates (subject to hydrolysis) is 1. The molecular weight excluding hydrogens is 340 g/mol. The second-order valence-corrected chi connectivity index (χ2v) is 7.40. The van der Waals surface area contributed by atoms with Crippen molar-refractivity contribution >= 4 is 28.5 Å². The van der Waals surface area contributed by atoms with E-state index in [0.29, 0.717) is 25.6 Å². The molecule has 142 valence electrons. The van der Waals surface area contributed by atoms with Crippen molar-refractivity contribution in [2.45, 2.75) is 39.8 Å². The highest BCUT2D eigenvalue weighted by molar-refractivity contribution is 7.13. The van der Waals surface area contributed by atoms with Gasteiger partial charge >= 0.3 is 6.09 Å². The Balaban J connectivity index is 2.41. The van der Waals surface area contributed by atoms with E-state index >= 15 is 0 Å². The van der Waals surface area contributed by atoms with E-state index in [9.17, 15) is 4.79 Å². The molecule has 3 N–H and O–H groups in total. The third-order valence-electron chi connectivity index (χ3n) is 2.75. The molecule has 0 saturated heterocycles. The van der Waals surface area contributed by atoms with E-state index in [1.165, 1.54) is 0 Å². The van der Waals surface area contributed by atoms with Crippen LogP contribution in [0.15, 0.2) is 10.4 Å². The molecule has 1 aromatic heterocycles. The van der Waals surface area contributed by atoms with Crippen molar-refractivity contribution < 1.29 is 9.53 Å². The number of amides is 1. The molecule has 8 nitrogen and oxygen atoms in total. The molecule has 0 aliphatic heterocycles. The van der Waals surface area contributed by atoms with Crippen LogP contribution in [-0.4, -0.2) is 56.4 Å². The lowest BCUT2D eigenvalue weighted by Crippen LogP contribution is -2.42. The Bertz CT molecular complexity index is 565. The van der Waals surface area contributed by atoms with E-state index in [4.69, 9.17) is 4.74 Å². The molecule has 1 heterocycles. The number of carbonyl (C=O) groups excluding carboxylic acids is 1. The second kappa shape index (κ2) is 10.1. The monoisotopic (exact) mass is 370 g/mol. The Morgan fingerprint density at radius 2 is 1.96 bits per heavy atom. The van der Waals surface area contributed by atoms with Crippen LogP contribution in [0, 0.1) is 0 Å². The highest BCUT2D eigenvalue weighted by Gasteiger charge is 2.15. The number of carbonyl (C=O) groups is 1. The van der Waals surface area contributed by atoms with Gasteiger partial charge in [0.25, 0.3) is 0 Å². The standard InChI is InChI=1S/C16H30N6O2S/c1-7-17-13(18-8-9-19-15(23)24-16(2,3)4)20-10-12-11-25-14(21-12)22(5)6/h11H,7-10H2,1-6H3,(H,19,23)(H2,17,18,20). The predicted octanol–water partition coefficient (Wildman–Crippen LogP) is 1.79. The first kappa shape index (κ1) is 21.0. The number of nitrogens with zero attached hydrogens (tertiary/aromatic N) is 3. The fourth-order valence-electron chi connectivity index (χ4n) is 1.74. The normalized spacial score (nSPS) is 11.8. The van der Waals surface area contributed by atoms with Crippen molar-refractivity contribution in [3.05, 3.63) is 11.1 Å². The fourth-order valence-corrected chi connectivity index (χ4v) is 2.49. The van der Waals surface area contributed by atoms with Crippen molar-refractivity contribution in [1.29, 1.82) is 0 Å². The van der Waals surface area contributed by atoms with Crippen molar-refractivity contribution in [3.8, 4) is 0 Å². The van der Waals surface area contributed by atoms with Crippen LogP contribution in [0.25, 0.3) is 0 Å². The molecular formula is C16H30N6O2S. The molecule has 0 saturated carbocycles. The van der Waals surface area contributed by atoms with Gasteiger partial charge in [0, 0.05) is 39.1 Å². The number of hydrogen-bond acceptors (Lipinski definition) is 6. The van der Waals surface area contributed by atoms with E-state index in [-0.39, 0.29) is 0 Å². The third kappa shape index (κ3) is 9.13. The molecule has 0 atom stereocenters. The smallest absolute Gasteiger partial charge is 0.407 e. The zero-order valence-corrected chi connectivity index (χ0v) is 16.8. The van der Waals surface area contributed by atoms with E-state index in [2.05, 4.69) is 25.9 Å². The van der Waals surface area contributed by atoms with Gasteiger partial charge in [-0.1, -0.05) is 0 Å². The zero-order valence-electron chi connectivity index (χ0n) is 16.0. The maximum Gasteiger partial charge on any atom is 0.407 e. The van der Waals surface area contributed by atoms with Crippen LogP contribution in [0.1, 0.15) is 33.4 Å². The highest BCUT2D eigenvalue weighted by atomic mass is 32.1. The quantitative estimate of drug-likeness (QED) is 0.385. The lowest BCUT2D eigenvalue weighted by Gasteiger charge is -2.19. The van der Waals surface area contributed by atoms with E-state index in [1.54, 1.807) is 11.3 Å². The number of rotatable bonds is 7. The van der Waals surface area contributed by atoms with Gasteiger partial charge in [-0.2, -0.15) is 0 Å². The van der Waals surface area contributed by atoms with E-state index < -0.39 is 11.7 Å². The van der Waals surface area contributed by atoms with Crippen LogP contribution in [0.3, 0.4) is 0 Å². The van der Waals surface area contributed by atoms with Crippen molar-refractivity contribution in [3.63, 3.8) is 0 Å². The number of thiazole rings is 1. The molecule has 0 fully saturated rings. The molecule has 0 bridgehead atoms. The van der Waals surface area contributed by atoms with Gasteiger partial charge in [-0.25, -0.2) is 14.8 Å². The van der Waals surface area contributed by atoms with Crippen LogP contribution >= 0.6 is 11.3 Å². The van der Waals surface area contributed by atoms with Crippen LogP contribution in [0.5, 0.6) is 0 Å². The molecule has 1 amide bonds. The molecule has 25 heavy (non-hydrogen) atoms. The molecule has 0 aliphatic rings. The number of hydrogen-bond donors (Lipinski definition) is 3. The van der Waals surface area contributed by atoms with E-state index in [1.807, 2.05) is 52.1 Å². The number of guanidine groups is 1. The third-order valence-corrected chi connectivity index (χ3v) is 3.81. The summed E-state index contributed by atoms with van der Waals surface area (Å²) in [5.41, 5.74) is 0.435. The highest BCUT2D eigenvalue weighted by Crippen LogP contribution is 2.18. The number of ether oxygens (including phenoxy) is 1. The Morgan fingerprint density at radius 1 is 1.28 bits per heavy atom. The molecule has 1 rings (SSSR count). The maximum absolute atomic E-state index is 11.6. The molecule has 1 aromatic rings. The largest absolute Gasteiger partial charge is 0.444 e. The van der Waals surface area contributed by atoms with Crippen LogP contribution in [-0.2, 0) is 11.3 Å². The molecule has 9 heteroatoms. The van der Waals surface area contributed by atoms with Crippen LogP contribution < -0.4 is 20.9 Å². The number of anilines is 1. The lowest BCUT2D eigenvalue weighted by atomic mass is 10.2. The van der Waals surface area contributed by atoms with E-state index in [0.717, 1.165) is 17.4 Å². The summed E-state index contributed by atoms with van der Waals surface area (Å²) in [7, 11) is 3.93. The number of aliphatic imine (C=N–C) groups is 1. The molecule has 0 aliphatic carbocycles. The first-order valence-corrected chi connectivity index (χ1v) is 9.20. The average molecular weight is 371 g/mol. The van der Waals surface area contributed by atoms with Gasteiger partial charge in [0.1, 0.15) is 5.60 Å². The first-order valence-electron chi connectivity index (χ1n) is 8.32. The topological polar surface area (TPSA) is 90.9 Å². The summed E-state index contributed by atoms with van der Waals surface area (Å²) in [4.78, 5) is 22.6. The van der Waals surface area contributed by atoms with Gasteiger partial charge in [0.15, 0.2) is 11.1 Å². The molecule has 0 radical (unpaired) electrons. The number of nitrogens with one attached hydrogen (secondary N) is 3. The summed E-state index contributed by atoms with van der Waals surface area (Å²) < 4.78 is 5.18. The summed E-state index contributed by atoms with van der Waals surface area (Å²) in [5, 5.41) is 12.0. The van der Waals surface area contributed by atoms with Crippen molar-refractivity contribution in [2.75, 3.05) is 38.6 Å². The van der Waals surface area contributed by atoms with Gasteiger partial charge in [-0.05, 0) is 27.7 Å². The summed E-state index contributed by atoms with van der Waals surface area (Å²) in [6.07, 6.45) is -0.421. The molecule has 0 spiro atoms. The minimum Gasteiger partial charge on any atom is -0.444 e. The van der Waals surface area contributed by atoms with Gasteiger partial charge in [0.05, 0.1) is 12.2 Å². The summed E-state index contributed by atoms with van der Waals surface area (Å²) >= 11 is 1.60. The van der Waals surface area contributed by atoms with Crippen LogP contribution in [0.4, 0.5) is 9.93 Å². The van der Waals surface area contributed by atoms with Gasteiger partial charge in [0.2, 0.25) is 0 Å². The zero-order chi connectivity index (χ0) is 18.9. The SMILES string of the molecule is CCNC(=NCc1csc(N(C)C)n1)NCCNC(=O)OC(C)(C)C. The Kier molecular flexibility index (Phi) is 8.47. The first-order chi connectivity index (χ1) is 11.7. The minimum atomic E-state index is -0.493. The molecule has 0 aromatic carbocycles. The maximum atomic E-state index is 11.6. The van der Waals surface area contributed by atoms with Crippen molar-refractivity contribution in [1.82, 2.24) is 20.9 Å². The van der Waals surface area contributed by atoms with Crippen LogP contribution in [0.2, 0.25) is 0 Å². The summed E-state index contributed by atoms with van der Waals surface area (Å²) in [6, 6.07) is 0. The minimum absolute atomic E-state index is 0.421. The van der Waals surface area contributed by atoms with Gasteiger partial charge in [-0.3, -0.25) is 0 Å². The van der Waals surface area contributed by atoms with Gasteiger partial charge < -0.3 is 25.6 Å². The Labute approximate surface area is 154 Å². The number of aromatic nitrogens is 1. The van der Waals surface area contributed by atoms with Gasteiger partial charge in [-0.15, -0.1) is 11.3 Å². The Morgan fingerprint density at radius 3 is 2.52 bits per heavy atom. The molecule has 0 unspecified atom stereocenters. The average Bonchev–Trinajstić information content (AvgIpc) is 2.96. The second-order valence-electron chi connectivity index (χ2n) is 6.57. The predicted molar refractivity (Wildman–Crippen MR) is 103 cm³/mol. The summed E-state index contributed by atoms with van der Waals surface area (Å²) in [5.74, 6) is 0.688. The van der Waals surface area contributed by atoms with Crippen molar-refractivity contribution in [2.24, 2.45) is 4.99 Å². The lowest BCUT2D eigenvalue weighted by molar-refractivity contribution is 0.0529. The summed E-state index contributed by atoms with van der Waals surface area (Å²) in [6.45, 7) is 9.75.